The zero-order chi connectivity index (χ0) is 14.5. The maximum absolute atomic E-state index is 11.0. The van der Waals surface area contributed by atoms with E-state index >= 15 is 0 Å². The smallest absolute Gasteiger partial charge is 0.329 e. The molecule has 0 unspecified atom stereocenters. The lowest BCUT2D eigenvalue weighted by molar-refractivity contribution is -0.384. The van der Waals surface area contributed by atoms with Crippen molar-refractivity contribution in [3.05, 3.63) is 16.3 Å². The highest BCUT2D eigenvalue weighted by Crippen LogP contribution is 2.26. The lowest BCUT2D eigenvalue weighted by atomic mass is 10.0. The Bertz CT molecular complexity index is 448. The number of nitrogens with one attached hydrogen (secondary N) is 2. The average Bonchev–Trinajstić information content (AvgIpc) is 2.35. The van der Waals surface area contributed by atoms with E-state index in [1.165, 1.54) is 6.20 Å². The Morgan fingerprint density at radius 2 is 2.11 bits per heavy atom. The zero-order valence-corrected chi connectivity index (χ0v) is 11.9. The van der Waals surface area contributed by atoms with Crippen LogP contribution in [0.5, 0.6) is 0 Å². The van der Waals surface area contributed by atoms with Crippen LogP contribution in [0.2, 0.25) is 0 Å². The standard InChI is InChI=1S/C12H21N5O2/c1-5-7-13-11-14-8-9(17(18)19)10(15-11)16-12(3,4)6-2/h8H,5-7H2,1-4H3,(H2,13,14,15,16). The molecule has 106 valence electrons. The molecular formula is C12H21N5O2. The van der Waals surface area contributed by atoms with Crippen molar-refractivity contribution >= 4 is 17.5 Å². The highest BCUT2D eigenvalue weighted by atomic mass is 16.6. The summed E-state index contributed by atoms with van der Waals surface area (Å²) in [5.74, 6) is 0.660. The predicted octanol–water partition coefficient (Wildman–Crippen LogP) is 2.81. The topological polar surface area (TPSA) is 93.0 Å². The van der Waals surface area contributed by atoms with Gasteiger partial charge in [-0.25, -0.2) is 4.98 Å². The average molecular weight is 267 g/mol. The molecule has 0 aromatic carbocycles. The molecule has 0 saturated heterocycles. The molecule has 0 saturated carbocycles. The summed E-state index contributed by atoms with van der Waals surface area (Å²) in [7, 11) is 0. The summed E-state index contributed by atoms with van der Waals surface area (Å²) >= 11 is 0. The second-order valence-corrected chi connectivity index (χ2v) is 4.97. The zero-order valence-electron chi connectivity index (χ0n) is 11.9. The normalized spacial score (nSPS) is 11.2. The fourth-order valence-corrected chi connectivity index (χ4v) is 1.33. The SMILES string of the molecule is CCCNc1ncc([N+](=O)[O-])c(NC(C)(C)CC)n1. The van der Waals surface area contributed by atoms with Gasteiger partial charge in [0.15, 0.2) is 0 Å². The molecule has 7 heteroatoms. The Balaban J connectivity index is 3.05. The first-order valence-electron chi connectivity index (χ1n) is 6.43. The maximum atomic E-state index is 11.0. The fourth-order valence-electron chi connectivity index (χ4n) is 1.33. The van der Waals surface area contributed by atoms with E-state index in [1.807, 2.05) is 27.7 Å². The van der Waals surface area contributed by atoms with Crippen molar-refractivity contribution in [2.75, 3.05) is 17.2 Å². The van der Waals surface area contributed by atoms with Gasteiger partial charge in [-0.05, 0) is 26.7 Å². The summed E-state index contributed by atoms with van der Waals surface area (Å²) in [4.78, 5) is 18.7. The van der Waals surface area contributed by atoms with Crippen LogP contribution in [0.1, 0.15) is 40.5 Å². The van der Waals surface area contributed by atoms with E-state index in [0.29, 0.717) is 5.95 Å². The molecule has 1 heterocycles. The van der Waals surface area contributed by atoms with E-state index in [4.69, 9.17) is 0 Å². The van der Waals surface area contributed by atoms with Crippen molar-refractivity contribution < 1.29 is 4.92 Å². The minimum atomic E-state index is -0.475. The van der Waals surface area contributed by atoms with Gasteiger partial charge >= 0.3 is 5.69 Å². The molecule has 1 aromatic heterocycles. The molecule has 1 rings (SSSR count). The Morgan fingerprint density at radius 1 is 1.42 bits per heavy atom. The third kappa shape index (κ3) is 4.35. The first kappa shape index (κ1) is 15.1. The quantitative estimate of drug-likeness (QED) is 0.583. The number of aromatic nitrogens is 2. The van der Waals surface area contributed by atoms with Gasteiger partial charge < -0.3 is 10.6 Å². The second kappa shape index (κ2) is 6.31. The van der Waals surface area contributed by atoms with Gasteiger partial charge in [-0.2, -0.15) is 4.98 Å². The molecule has 19 heavy (non-hydrogen) atoms. The largest absolute Gasteiger partial charge is 0.359 e. The van der Waals surface area contributed by atoms with Crippen molar-refractivity contribution in [1.82, 2.24) is 9.97 Å². The minimum Gasteiger partial charge on any atom is -0.359 e. The van der Waals surface area contributed by atoms with Crippen molar-refractivity contribution in [3.8, 4) is 0 Å². The molecular weight excluding hydrogens is 246 g/mol. The lowest BCUT2D eigenvalue weighted by Gasteiger charge is -2.24. The number of nitrogens with zero attached hydrogens (tertiary/aromatic N) is 3. The molecule has 1 aromatic rings. The molecule has 0 fully saturated rings. The molecule has 2 N–H and O–H groups in total. The van der Waals surface area contributed by atoms with Crippen LogP contribution in [0, 0.1) is 10.1 Å². The molecule has 0 amide bonds. The third-order valence-electron chi connectivity index (χ3n) is 2.84. The Hall–Kier alpha value is -1.92. The van der Waals surface area contributed by atoms with E-state index in [-0.39, 0.29) is 17.0 Å². The van der Waals surface area contributed by atoms with Gasteiger partial charge in [-0.15, -0.1) is 0 Å². The van der Waals surface area contributed by atoms with Crippen LogP contribution in [0.4, 0.5) is 17.5 Å². The molecule has 0 atom stereocenters. The van der Waals surface area contributed by atoms with Gasteiger partial charge in [0.2, 0.25) is 11.8 Å². The fraction of sp³-hybridized carbons (Fsp3) is 0.667. The summed E-state index contributed by atoms with van der Waals surface area (Å²) in [6, 6.07) is 0. The van der Waals surface area contributed by atoms with Crippen LogP contribution in [0.15, 0.2) is 6.20 Å². The number of rotatable bonds is 7. The number of nitro groups is 1. The van der Waals surface area contributed by atoms with E-state index in [2.05, 4.69) is 20.6 Å². The number of anilines is 2. The van der Waals surface area contributed by atoms with E-state index in [1.54, 1.807) is 0 Å². The summed E-state index contributed by atoms with van der Waals surface area (Å²) < 4.78 is 0. The minimum absolute atomic E-state index is 0.108. The molecule has 0 bridgehead atoms. The Morgan fingerprint density at radius 3 is 2.63 bits per heavy atom. The van der Waals surface area contributed by atoms with Crippen LogP contribution in [-0.4, -0.2) is 27.0 Å². The van der Waals surface area contributed by atoms with Crippen molar-refractivity contribution in [2.24, 2.45) is 0 Å². The van der Waals surface area contributed by atoms with Crippen LogP contribution in [-0.2, 0) is 0 Å². The van der Waals surface area contributed by atoms with Crippen LogP contribution in [0.3, 0.4) is 0 Å². The van der Waals surface area contributed by atoms with Gasteiger partial charge in [0.25, 0.3) is 0 Å². The monoisotopic (exact) mass is 267 g/mol. The highest BCUT2D eigenvalue weighted by molar-refractivity contribution is 5.58. The summed E-state index contributed by atoms with van der Waals surface area (Å²) in [6.07, 6.45) is 2.99. The molecule has 0 spiro atoms. The molecule has 0 aliphatic carbocycles. The van der Waals surface area contributed by atoms with Crippen molar-refractivity contribution in [3.63, 3.8) is 0 Å². The summed E-state index contributed by atoms with van der Waals surface area (Å²) in [5, 5.41) is 17.1. The lowest BCUT2D eigenvalue weighted by Crippen LogP contribution is -2.30. The van der Waals surface area contributed by atoms with Crippen molar-refractivity contribution in [1.29, 1.82) is 0 Å². The third-order valence-corrected chi connectivity index (χ3v) is 2.84. The van der Waals surface area contributed by atoms with E-state index in [9.17, 15) is 10.1 Å². The summed E-state index contributed by atoms with van der Waals surface area (Å²) in [6.45, 7) is 8.71. The summed E-state index contributed by atoms with van der Waals surface area (Å²) in [5.41, 5.74) is -0.371. The van der Waals surface area contributed by atoms with Gasteiger partial charge in [-0.1, -0.05) is 13.8 Å². The van der Waals surface area contributed by atoms with Gasteiger partial charge in [0.1, 0.15) is 6.20 Å². The van der Waals surface area contributed by atoms with Gasteiger partial charge in [-0.3, -0.25) is 10.1 Å². The first-order valence-corrected chi connectivity index (χ1v) is 6.43. The van der Waals surface area contributed by atoms with Crippen LogP contribution in [0.25, 0.3) is 0 Å². The van der Waals surface area contributed by atoms with Gasteiger partial charge in [0.05, 0.1) is 4.92 Å². The predicted molar refractivity (Wildman–Crippen MR) is 75.5 cm³/mol. The molecule has 0 aliphatic rings. The number of hydrogen-bond donors (Lipinski definition) is 2. The first-order chi connectivity index (χ1) is 8.89. The molecule has 0 radical (unpaired) electrons. The van der Waals surface area contributed by atoms with Crippen LogP contribution < -0.4 is 10.6 Å². The van der Waals surface area contributed by atoms with Gasteiger partial charge in [0, 0.05) is 12.1 Å². The highest BCUT2D eigenvalue weighted by Gasteiger charge is 2.23. The van der Waals surface area contributed by atoms with Crippen molar-refractivity contribution in [2.45, 2.75) is 46.1 Å². The number of hydrogen-bond acceptors (Lipinski definition) is 6. The Kier molecular flexibility index (Phi) is 5.02. The second-order valence-electron chi connectivity index (χ2n) is 4.97. The van der Waals surface area contributed by atoms with Crippen LogP contribution >= 0.6 is 0 Å². The molecule has 0 aliphatic heterocycles. The van der Waals surface area contributed by atoms with E-state index in [0.717, 1.165) is 19.4 Å². The maximum Gasteiger partial charge on any atom is 0.329 e. The molecule has 7 nitrogen and oxygen atoms in total. The van der Waals surface area contributed by atoms with E-state index < -0.39 is 4.92 Å². The Labute approximate surface area is 113 Å².